The predicted octanol–water partition coefficient (Wildman–Crippen LogP) is 4.61. The van der Waals surface area contributed by atoms with Crippen molar-refractivity contribution < 1.29 is 19.4 Å². The molecule has 9 heteroatoms. The number of hydrogen-bond acceptors (Lipinski definition) is 5. The Kier molecular flexibility index (Phi) is 6.78. The Bertz CT molecular complexity index is 1310. The standard InChI is InChI=1S/C27H31BrN4O4/c1-18(2)36-26(35)30-13-11-27(17-30)20-7-3-4-8-22(20)32(25(27)34)16-24-29-21-15-19(28)9-10-23(21)31(24)12-5-6-14-33/h3-4,7-10,15,18,33H,5-6,11-14,16-17H2,1-2H3. The lowest BCUT2D eigenvalue weighted by molar-refractivity contribution is -0.122. The SMILES string of the molecule is CC(C)OC(=O)N1CCC2(C1)C(=O)N(Cc1nc3cc(Br)ccc3n1CCCCO)c1ccccc12. The van der Waals surface area contributed by atoms with Crippen LogP contribution in [-0.4, -0.2) is 57.4 Å². The van der Waals surface area contributed by atoms with Gasteiger partial charge < -0.3 is 24.2 Å². The first kappa shape index (κ1) is 24.8. The van der Waals surface area contributed by atoms with E-state index in [2.05, 4.69) is 20.5 Å². The largest absolute Gasteiger partial charge is 0.447 e. The monoisotopic (exact) mass is 554 g/mol. The number of para-hydroxylation sites is 1. The van der Waals surface area contributed by atoms with Gasteiger partial charge in [0.15, 0.2) is 0 Å². The van der Waals surface area contributed by atoms with Crippen LogP contribution >= 0.6 is 15.9 Å². The van der Waals surface area contributed by atoms with E-state index in [1.54, 1.807) is 4.90 Å². The highest BCUT2D eigenvalue weighted by Gasteiger charge is 2.55. The third kappa shape index (κ3) is 4.28. The molecular formula is C27H31BrN4O4. The van der Waals surface area contributed by atoms with Crippen LogP contribution in [0.3, 0.4) is 0 Å². The minimum Gasteiger partial charge on any atom is -0.447 e. The summed E-state index contributed by atoms with van der Waals surface area (Å²) in [5.74, 6) is 0.800. The Hall–Kier alpha value is -2.91. The van der Waals surface area contributed by atoms with Crippen LogP contribution in [0.15, 0.2) is 46.9 Å². The number of aromatic nitrogens is 2. The highest BCUT2D eigenvalue weighted by molar-refractivity contribution is 9.10. The zero-order valence-corrected chi connectivity index (χ0v) is 22.2. The Labute approximate surface area is 219 Å². The van der Waals surface area contributed by atoms with Gasteiger partial charge in [-0.3, -0.25) is 4.79 Å². The average molecular weight is 555 g/mol. The van der Waals surface area contributed by atoms with Crippen LogP contribution in [0.2, 0.25) is 0 Å². The van der Waals surface area contributed by atoms with Crippen LogP contribution in [0.25, 0.3) is 11.0 Å². The number of unbranched alkanes of at least 4 members (excludes halogenated alkanes) is 1. The molecule has 2 amide bonds. The number of amides is 2. The first-order chi connectivity index (χ1) is 17.3. The Balaban J connectivity index is 1.49. The van der Waals surface area contributed by atoms with Crippen molar-refractivity contribution in [3.63, 3.8) is 0 Å². The van der Waals surface area contributed by atoms with Crippen LogP contribution in [0.4, 0.5) is 10.5 Å². The number of halogens is 1. The second-order valence-corrected chi connectivity index (χ2v) is 10.8. The summed E-state index contributed by atoms with van der Waals surface area (Å²) in [6.07, 6.45) is 1.49. The summed E-state index contributed by atoms with van der Waals surface area (Å²) in [5.41, 5.74) is 2.92. The number of aliphatic hydroxyl groups is 1. The zero-order valence-electron chi connectivity index (χ0n) is 20.6. The number of anilines is 1. The summed E-state index contributed by atoms with van der Waals surface area (Å²) in [6.45, 7) is 5.62. The molecule has 1 atom stereocenters. The van der Waals surface area contributed by atoms with Crippen molar-refractivity contribution in [1.29, 1.82) is 0 Å². The van der Waals surface area contributed by atoms with Crippen LogP contribution < -0.4 is 4.90 Å². The van der Waals surface area contributed by atoms with Gasteiger partial charge in [0.25, 0.3) is 0 Å². The molecule has 1 aromatic heterocycles. The summed E-state index contributed by atoms with van der Waals surface area (Å²) < 4.78 is 8.51. The maximum absolute atomic E-state index is 14.1. The fourth-order valence-corrected chi connectivity index (χ4v) is 5.78. The fourth-order valence-electron chi connectivity index (χ4n) is 5.44. The van der Waals surface area contributed by atoms with Crippen LogP contribution in [0, 0.1) is 0 Å². The molecule has 8 nitrogen and oxygen atoms in total. The van der Waals surface area contributed by atoms with Crippen molar-refractivity contribution in [2.24, 2.45) is 0 Å². The van der Waals surface area contributed by atoms with Crippen molar-refractivity contribution in [3.8, 4) is 0 Å². The highest BCUT2D eigenvalue weighted by atomic mass is 79.9. The van der Waals surface area contributed by atoms with E-state index in [1.165, 1.54) is 0 Å². The number of imidazole rings is 1. The van der Waals surface area contributed by atoms with Gasteiger partial charge in [0.05, 0.1) is 29.1 Å². The van der Waals surface area contributed by atoms with Gasteiger partial charge in [0.2, 0.25) is 5.91 Å². The van der Waals surface area contributed by atoms with Crippen molar-refractivity contribution >= 4 is 44.7 Å². The molecule has 190 valence electrons. The van der Waals surface area contributed by atoms with Crippen LogP contribution in [0.5, 0.6) is 0 Å². The zero-order chi connectivity index (χ0) is 25.4. The third-order valence-electron chi connectivity index (χ3n) is 7.11. The third-order valence-corrected chi connectivity index (χ3v) is 7.60. The maximum atomic E-state index is 14.1. The number of carbonyl (C=O) groups is 2. The van der Waals surface area contributed by atoms with E-state index >= 15 is 0 Å². The number of rotatable bonds is 7. The Morgan fingerprint density at radius 3 is 2.81 bits per heavy atom. The lowest BCUT2D eigenvalue weighted by Crippen LogP contribution is -2.43. The molecule has 1 fully saturated rings. The van der Waals surface area contributed by atoms with Gasteiger partial charge in [-0.15, -0.1) is 0 Å². The molecule has 0 radical (unpaired) electrons. The van der Waals surface area contributed by atoms with Gasteiger partial charge in [0, 0.05) is 36.4 Å². The summed E-state index contributed by atoms with van der Waals surface area (Å²) in [6, 6.07) is 13.9. The smallest absolute Gasteiger partial charge is 0.410 e. The van der Waals surface area contributed by atoms with E-state index in [0.717, 1.165) is 39.0 Å². The molecule has 0 bridgehead atoms. The van der Waals surface area contributed by atoms with Crippen molar-refractivity contribution in [1.82, 2.24) is 14.5 Å². The molecule has 36 heavy (non-hydrogen) atoms. The predicted molar refractivity (Wildman–Crippen MR) is 141 cm³/mol. The normalized spacial score (nSPS) is 19.2. The van der Waals surface area contributed by atoms with Crippen LogP contribution in [0.1, 0.15) is 44.5 Å². The molecule has 3 aromatic rings. The van der Waals surface area contributed by atoms with E-state index < -0.39 is 5.41 Å². The van der Waals surface area contributed by atoms with Gasteiger partial charge in [-0.25, -0.2) is 9.78 Å². The Morgan fingerprint density at radius 1 is 1.22 bits per heavy atom. The minimum absolute atomic E-state index is 0.00121. The second kappa shape index (κ2) is 9.86. The topological polar surface area (TPSA) is 87.9 Å². The number of carbonyl (C=O) groups excluding carboxylic acids is 2. The summed E-state index contributed by atoms with van der Waals surface area (Å²) >= 11 is 3.53. The molecule has 1 spiro atoms. The molecule has 0 saturated carbocycles. The number of likely N-dealkylation sites (tertiary alicyclic amines) is 1. The van der Waals surface area contributed by atoms with Gasteiger partial charge in [0.1, 0.15) is 5.82 Å². The summed E-state index contributed by atoms with van der Waals surface area (Å²) in [5, 5.41) is 9.29. The number of aliphatic hydroxyl groups excluding tert-OH is 1. The molecule has 1 unspecified atom stereocenters. The molecule has 5 rings (SSSR count). The molecule has 2 aliphatic heterocycles. The summed E-state index contributed by atoms with van der Waals surface area (Å²) in [4.78, 5) is 35.1. The molecule has 1 N–H and O–H groups in total. The molecule has 1 saturated heterocycles. The second-order valence-electron chi connectivity index (χ2n) is 9.84. The van der Waals surface area contributed by atoms with Gasteiger partial charge in [-0.2, -0.15) is 0 Å². The first-order valence-electron chi connectivity index (χ1n) is 12.5. The first-order valence-corrected chi connectivity index (χ1v) is 13.3. The molecule has 2 aliphatic rings. The van der Waals surface area contributed by atoms with Gasteiger partial charge in [-0.05, 0) is 62.9 Å². The average Bonchev–Trinajstić information content (AvgIpc) is 3.50. The maximum Gasteiger partial charge on any atom is 0.410 e. The number of fused-ring (bicyclic) bond motifs is 3. The number of aryl methyl sites for hydroxylation is 1. The minimum atomic E-state index is -0.774. The van der Waals surface area contributed by atoms with Crippen molar-refractivity contribution in [2.45, 2.75) is 57.7 Å². The van der Waals surface area contributed by atoms with Crippen molar-refractivity contribution in [3.05, 3.63) is 58.3 Å². The van der Waals surface area contributed by atoms with E-state index in [4.69, 9.17) is 9.72 Å². The van der Waals surface area contributed by atoms with E-state index in [9.17, 15) is 14.7 Å². The number of hydrogen-bond donors (Lipinski definition) is 1. The van der Waals surface area contributed by atoms with Gasteiger partial charge >= 0.3 is 6.09 Å². The summed E-state index contributed by atoms with van der Waals surface area (Å²) in [7, 11) is 0. The van der Waals surface area contributed by atoms with Gasteiger partial charge in [-0.1, -0.05) is 34.1 Å². The fraction of sp³-hybridized carbons (Fsp3) is 0.444. The van der Waals surface area contributed by atoms with E-state index in [-0.39, 0.29) is 24.7 Å². The number of nitrogens with zero attached hydrogens (tertiary/aromatic N) is 4. The van der Waals surface area contributed by atoms with Crippen molar-refractivity contribution in [2.75, 3.05) is 24.6 Å². The molecule has 2 aromatic carbocycles. The van der Waals surface area contributed by atoms with E-state index in [0.29, 0.717) is 39.0 Å². The number of benzene rings is 2. The molecule has 0 aliphatic carbocycles. The lowest BCUT2D eigenvalue weighted by atomic mass is 9.81. The highest BCUT2D eigenvalue weighted by Crippen LogP contribution is 2.48. The molecular weight excluding hydrogens is 524 g/mol. The number of ether oxygens (including phenoxy) is 1. The van der Waals surface area contributed by atoms with Crippen LogP contribution in [-0.2, 0) is 28.0 Å². The molecule has 3 heterocycles. The lowest BCUT2D eigenvalue weighted by Gasteiger charge is -2.25. The van der Waals surface area contributed by atoms with E-state index in [1.807, 2.05) is 61.2 Å². The quantitative estimate of drug-likeness (QED) is 0.431. The Morgan fingerprint density at radius 2 is 2.03 bits per heavy atom.